The molecule has 0 amide bonds. The Morgan fingerprint density at radius 2 is 1.81 bits per heavy atom. The topological polar surface area (TPSA) is 59.1 Å². The van der Waals surface area contributed by atoms with Gasteiger partial charge in [0.15, 0.2) is 0 Å². The van der Waals surface area contributed by atoms with Gasteiger partial charge in [0.1, 0.15) is 0 Å². The lowest BCUT2D eigenvalue weighted by molar-refractivity contribution is 0.595. The number of hydrogen-bond donors (Lipinski definition) is 1. The monoisotopic (exact) mass is 302 g/mol. The smallest absolute Gasteiger partial charge is 0.232 e. The largest absolute Gasteiger partial charge is 0.283 e. The quantitative estimate of drug-likeness (QED) is 0.890. The van der Waals surface area contributed by atoms with Crippen LogP contribution in [-0.4, -0.2) is 19.2 Å². The van der Waals surface area contributed by atoms with Crippen molar-refractivity contribution in [2.24, 2.45) is 5.92 Å². The number of pyridine rings is 1. The number of hydrogen-bond acceptors (Lipinski definition) is 3. The van der Waals surface area contributed by atoms with E-state index in [9.17, 15) is 8.42 Å². The molecule has 5 heteroatoms. The molecule has 1 aromatic carbocycles. The van der Waals surface area contributed by atoms with Crippen molar-refractivity contribution in [2.75, 3.05) is 10.5 Å². The number of benzene rings is 1. The molecule has 0 unspecified atom stereocenters. The van der Waals surface area contributed by atoms with Crippen LogP contribution in [-0.2, 0) is 10.0 Å². The van der Waals surface area contributed by atoms with Crippen LogP contribution in [0.25, 0.3) is 11.1 Å². The van der Waals surface area contributed by atoms with Gasteiger partial charge in [-0.1, -0.05) is 31.0 Å². The highest BCUT2D eigenvalue weighted by Crippen LogP contribution is 2.33. The fourth-order valence-electron chi connectivity index (χ4n) is 2.30. The maximum atomic E-state index is 12.2. The van der Waals surface area contributed by atoms with Gasteiger partial charge in [0.2, 0.25) is 10.0 Å². The van der Waals surface area contributed by atoms with E-state index < -0.39 is 10.0 Å². The van der Waals surface area contributed by atoms with E-state index in [1.165, 1.54) is 12.8 Å². The molecule has 4 nitrogen and oxygen atoms in total. The lowest BCUT2D eigenvalue weighted by Gasteiger charge is -2.12. The first-order valence-electron chi connectivity index (χ1n) is 7.14. The van der Waals surface area contributed by atoms with Gasteiger partial charge in [-0.05, 0) is 36.1 Å². The van der Waals surface area contributed by atoms with Crippen molar-refractivity contribution in [1.29, 1.82) is 0 Å². The normalized spacial score (nSPS) is 14.9. The second kappa shape index (κ2) is 5.85. The van der Waals surface area contributed by atoms with Gasteiger partial charge >= 0.3 is 0 Å². The van der Waals surface area contributed by atoms with Gasteiger partial charge in [-0.15, -0.1) is 0 Å². The molecule has 1 aliphatic carbocycles. The summed E-state index contributed by atoms with van der Waals surface area (Å²) in [5, 5.41) is 0. The standard InChI is InChI=1S/C16H18N2O2S/c19-21(20,12-9-13-5-6-13)18-16-4-2-1-3-15(16)14-7-10-17-11-8-14/h1-4,7-8,10-11,13,18H,5-6,9,12H2. The Morgan fingerprint density at radius 3 is 2.52 bits per heavy atom. The Bertz CT molecular complexity index is 710. The highest BCUT2D eigenvalue weighted by molar-refractivity contribution is 7.92. The van der Waals surface area contributed by atoms with Crippen LogP contribution in [0.2, 0.25) is 0 Å². The molecule has 21 heavy (non-hydrogen) atoms. The summed E-state index contributed by atoms with van der Waals surface area (Å²) >= 11 is 0. The highest BCUT2D eigenvalue weighted by atomic mass is 32.2. The minimum atomic E-state index is -3.29. The average Bonchev–Trinajstić information content (AvgIpc) is 3.31. The van der Waals surface area contributed by atoms with Crippen molar-refractivity contribution >= 4 is 15.7 Å². The van der Waals surface area contributed by atoms with Crippen molar-refractivity contribution in [3.05, 3.63) is 48.8 Å². The molecular weight excluding hydrogens is 284 g/mol. The summed E-state index contributed by atoms with van der Waals surface area (Å²) in [5.41, 5.74) is 2.44. The molecule has 1 N–H and O–H groups in total. The molecule has 3 rings (SSSR count). The first-order valence-corrected chi connectivity index (χ1v) is 8.79. The molecule has 0 aliphatic heterocycles. The maximum Gasteiger partial charge on any atom is 0.232 e. The minimum Gasteiger partial charge on any atom is -0.283 e. The Balaban J connectivity index is 1.82. The zero-order chi connectivity index (χ0) is 14.7. The third-order valence-corrected chi connectivity index (χ3v) is 4.98. The van der Waals surface area contributed by atoms with E-state index >= 15 is 0 Å². The molecule has 0 radical (unpaired) electrons. The van der Waals surface area contributed by atoms with Crippen molar-refractivity contribution in [3.63, 3.8) is 0 Å². The second-order valence-corrected chi connectivity index (χ2v) is 7.28. The van der Waals surface area contributed by atoms with Crippen LogP contribution in [0.15, 0.2) is 48.8 Å². The maximum absolute atomic E-state index is 12.2. The summed E-state index contributed by atoms with van der Waals surface area (Å²) in [4.78, 5) is 3.99. The summed E-state index contributed by atoms with van der Waals surface area (Å²) in [6.45, 7) is 0. The van der Waals surface area contributed by atoms with E-state index in [2.05, 4.69) is 9.71 Å². The summed E-state index contributed by atoms with van der Waals surface area (Å²) in [5.74, 6) is 0.805. The molecule has 0 spiro atoms. The van der Waals surface area contributed by atoms with Crippen LogP contribution in [0.5, 0.6) is 0 Å². The molecule has 1 heterocycles. The van der Waals surface area contributed by atoms with Gasteiger partial charge in [-0.3, -0.25) is 9.71 Å². The van der Waals surface area contributed by atoms with Crippen LogP contribution in [0.4, 0.5) is 5.69 Å². The van der Waals surface area contributed by atoms with Crippen molar-refractivity contribution in [2.45, 2.75) is 19.3 Å². The van der Waals surface area contributed by atoms with E-state index in [1.807, 2.05) is 30.3 Å². The molecule has 110 valence electrons. The SMILES string of the molecule is O=S(=O)(CCC1CC1)Nc1ccccc1-c1ccncc1. The molecule has 0 bridgehead atoms. The fraction of sp³-hybridized carbons (Fsp3) is 0.312. The van der Waals surface area contributed by atoms with Gasteiger partial charge in [-0.25, -0.2) is 8.42 Å². The van der Waals surface area contributed by atoms with E-state index in [1.54, 1.807) is 18.5 Å². The average molecular weight is 302 g/mol. The first-order chi connectivity index (χ1) is 10.1. The van der Waals surface area contributed by atoms with Crippen molar-refractivity contribution in [1.82, 2.24) is 4.98 Å². The zero-order valence-corrected chi connectivity index (χ0v) is 12.5. The predicted octanol–water partition coefficient (Wildman–Crippen LogP) is 3.29. The number of sulfonamides is 1. The molecule has 1 fully saturated rings. The van der Waals surface area contributed by atoms with Gasteiger partial charge < -0.3 is 0 Å². The molecule has 0 atom stereocenters. The summed E-state index contributed by atoms with van der Waals surface area (Å²) in [6, 6.07) is 11.2. The third-order valence-electron chi connectivity index (χ3n) is 3.68. The van der Waals surface area contributed by atoms with E-state index in [-0.39, 0.29) is 5.75 Å². The van der Waals surface area contributed by atoms with Gasteiger partial charge in [0.25, 0.3) is 0 Å². The Morgan fingerprint density at radius 1 is 1.10 bits per heavy atom. The first kappa shape index (κ1) is 14.1. The van der Waals surface area contributed by atoms with E-state index in [4.69, 9.17) is 0 Å². The van der Waals surface area contributed by atoms with Gasteiger partial charge in [0, 0.05) is 18.0 Å². The van der Waals surface area contributed by atoms with Crippen LogP contribution < -0.4 is 4.72 Å². The van der Waals surface area contributed by atoms with Crippen molar-refractivity contribution in [3.8, 4) is 11.1 Å². The molecule has 1 saturated carbocycles. The number of para-hydroxylation sites is 1. The molecule has 1 aliphatic rings. The number of aromatic nitrogens is 1. The molecule has 1 aromatic heterocycles. The number of anilines is 1. The van der Waals surface area contributed by atoms with E-state index in [0.717, 1.165) is 17.5 Å². The van der Waals surface area contributed by atoms with Crippen LogP contribution in [0.1, 0.15) is 19.3 Å². The van der Waals surface area contributed by atoms with Crippen LogP contribution >= 0.6 is 0 Å². The summed E-state index contributed by atoms with van der Waals surface area (Å²) in [6.07, 6.45) is 6.50. The summed E-state index contributed by atoms with van der Waals surface area (Å²) in [7, 11) is -3.29. The predicted molar refractivity (Wildman–Crippen MR) is 84.4 cm³/mol. The molecular formula is C16H18N2O2S. The lowest BCUT2D eigenvalue weighted by Crippen LogP contribution is -2.17. The zero-order valence-electron chi connectivity index (χ0n) is 11.7. The van der Waals surface area contributed by atoms with Crippen LogP contribution in [0, 0.1) is 5.92 Å². The van der Waals surface area contributed by atoms with Crippen LogP contribution in [0.3, 0.4) is 0 Å². The van der Waals surface area contributed by atoms with Crippen molar-refractivity contribution < 1.29 is 8.42 Å². The fourth-order valence-corrected chi connectivity index (χ4v) is 3.56. The van der Waals surface area contributed by atoms with E-state index in [0.29, 0.717) is 11.6 Å². The highest BCUT2D eigenvalue weighted by Gasteiger charge is 2.24. The number of rotatable bonds is 6. The minimum absolute atomic E-state index is 0.197. The Labute approximate surface area is 125 Å². The second-order valence-electron chi connectivity index (χ2n) is 5.43. The number of nitrogens with zero attached hydrogens (tertiary/aromatic N) is 1. The molecule has 2 aromatic rings. The van der Waals surface area contributed by atoms with Gasteiger partial charge in [0.05, 0.1) is 11.4 Å². The third kappa shape index (κ3) is 3.82. The Kier molecular flexibility index (Phi) is 3.92. The Hall–Kier alpha value is -1.88. The lowest BCUT2D eigenvalue weighted by atomic mass is 10.1. The number of nitrogens with one attached hydrogen (secondary N) is 1. The molecule has 0 saturated heterocycles. The summed E-state index contributed by atoms with van der Waals surface area (Å²) < 4.78 is 27.1. The van der Waals surface area contributed by atoms with Gasteiger partial charge in [-0.2, -0.15) is 0 Å².